The van der Waals surface area contributed by atoms with Gasteiger partial charge < -0.3 is 28.3 Å². The SMILES string of the molecule is CC[Si](CC)(CC)O[C@H]1[C@@H](O[Si](CC)(CC)CC)[C@@H](n2ccc3c(N)ncnc32)O[C@@H]1[C@H](O[Si](CC)(CC)CC)c1ccc(Cl)cc1. The Bertz CT molecular complexity index is 1390. The van der Waals surface area contributed by atoms with Crippen LogP contribution in [0.1, 0.15) is 80.2 Å². The molecule has 47 heavy (non-hydrogen) atoms. The minimum atomic E-state index is -2.15. The van der Waals surface area contributed by atoms with Crippen molar-refractivity contribution in [3.63, 3.8) is 0 Å². The number of ether oxygens (including phenoxy) is 1. The first-order valence-electron chi connectivity index (χ1n) is 18.1. The monoisotopic (exact) mass is 718 g/mol. The highest BCUT2D eigenvalue weighted by molar-refractivity contribution is 6.74. The van der Waals surface area contributed by atoms with Crippen LogP contribution in [0.3, 0.4) is 0 Å². The van der Waals surface area contributed by atoms with Crippen molar-refractivity contribution in [2.75, 3.05) is 5.73 Å². The predicted molar refractivity (Wildman–Crippen MR) is 202 cm³/mol. The minimum Gasteiger partial charge on any atom is -0.408 e. The summed E-state index contributed by atoms with van der Waals surface area (Å²) >= 11 is 6.44. The fourth-order valence-electron chi connectivity index (χ4n) is 7.41. The third-order valence-electron chi connectivity index (χ3n) is 11.5. The maximum absolute atomic E-state index is 7.61. The zero-order chi connectivity index (χ0) is 34.4. The molecule has 2 N–H and O–H groups in total. The van der Waals surface area contributed by atoms with E-state index in [9.17, 15) is 0 Å². The second-order valence-corrected chi connectivity index (χ2v) is 27.8. The topological polar surface area (TPSA) is 93.7 Å². The summed E-state index contributed by atoms with van der Waals surface area (Å²) in [7, 11) is -6.42. The van der Waals surface area contributed by atoms with Gasteiger partial charge in [0.2, 0.25) is 0 Å². The van der Waals surface area contributed by atoms with E-state index in [4.69, 9.17) is 40.3 Å². The summed E-state index contributed by atoms with van der Waals surface area (Å²) in [5.74, 6) is 0.453. The number of nitrogens with two attached hydrogens (primary N) is 1. The molecule has 0 radical (unpaired) electrons. The predicted octanol–water partition coefficient (Wildman–Crippen LogP) is 10.1. The van der Waals surface area contributed by atoms with Gasteiger partial charge in [0.1, 0.15) is 36.1 Å². The molecule has 0 aliphatic carbocycles. The Kier molecular flexibility index (Phi) is 13.4. The molecular formula is C35H59ClN4O4Si3. The number of anilines is 1. The lowest BCUT2D eigenvalue weighted by Gasteiger charge is -2.42. The molecule has 0 amide bonds. The number of rotatable bonds is 18. The summed E-state index contributed by atoms with van der Waals surface area (Å²) < 4.78 is 32.1. The van der Waals surface area contributed by atoms with Crippen LogP contribution in [0.2, 0.25) is 59.4 Å². The quantitative estimate of drug-likeness (QED) is 0.131. The van der Waals surface area contributed by atoms with E-state index in [0.717, 1.165) is 71.0 Å². The van der Waals surface area contributed by atoms with E-state index in [1.54, 1.807) is 0 Å². The van der Waals surface area contributed by atoms with Crippen LogP contribution in [0, 0.1) is 0 Å². The van der Waals surface area contributed by atoms with Crippen molar-refractivity contribution in [1.82, 2.24) is 14.5 Å². The molecule has 3 aromatic rings. The first-order valence-corrected chi connectivity index (χ1v) is 26.1. The molecule has 12 heteroatoms. The van der Waals surface area contributed by atoms with Crippen LogP contribution >= 0.6 is 11.6 Å². The largest absolute Gasteiger partial charge is 0.408 e. The number of hydrogen-bond acceptors (Lipinski definition) is 7. The van der Waals surface area contributed by atoms with E-state index in [1.165, 1.54) is 6.33 Å². The Morgan fingerprint density at radius 3 is 1.77 bits per heavy atom. The van der Waals surface area contributed by atoms with E-state index in [1.807, 2.05) is 24.4 Å². The van der Waals surface area contributed by atoms with Crippen LogP contribution in [0.5, 0.6) is 0 Å². The van der Waals surface area contributed by atoms with Gasteiger partial charge >= 0.3 is 0 Å². The highest BCUT2D eigenvalue weighted by Crippen LogP contribution is 2.47. The van der Waals surface area contributed by atoms with Gasteiger partial charge in [-0.15, -0.1) is 0 Å². The molecule has 0 bridgehead atoms. The normalized spacial score (nSPS) is 21.5. The maximum Gasteiger partial charge on any atom is 0.193 e. The van der Waals surface area contributed by atoms with Gasteiger partial charge in [0.05, 0.1) is 11.5 Å². The van der Waals surface area contributed by atoms with Gasteiger partial charge in [-0.05, 0) is 78.2 Å². The number of hydrogen-bond donors (Lipinski definition) is 1. The molecule has 1 aliphatic rings. The van der Waals surface area contributed by atoms with Crippen LogP contribution in [0.4, 0.5) is 5.82 Å². The summed E-state index contributed by atoms with van der Waals surface area (Å²) in [6.45, 7) is 20.5. The van der Waals surface area contributed by atoms with Crippen molar-refractivity contribution in [1.29, 1.82) is 0 Å². The van der Waals surface area contributed by atoms with Gasteiger partial charge in [0.25, 0.3) is 0 Å². The molecule has 0 spiro atoms. The fourth-order valence-corrected chi connectivity index (χ4v) is 16.0. The van der Waals surface area contributed by atoms with Crippen molar-refractivity contribution in [2.24, 2.45) is 0 Å². The standard InChI is InChI=1S/C35H59ClN4O4Si3/c1-10-45(11-2,12-3)42-29(26-19-21-27(36)22-20-26)30-31(43-46(13-4,14-5)15-6)32(44-47(16-7,17-8)18-9)35(41-30)40-24-23-28-33(37)38-25-39-34(28)40/h19-25,29-32,35H,10-18H2,1-9H3,(H2,37,38,39)/t29-,30-,31-,32-,35+/m1/s1. The Labute approximate surface area is 291 Å². The van der Waals surface area contributed by atoms with Crippen molar-refractivity contribution < 1.29 is 18.0 Å². The molecule has 2 aromatic heterocycles. The van der Waals surface area contributed by atoms with E-state index in [0.29, 0.717) is 10.8 Å². The van der Waals surface area contributed by atoms with Gasteiger partial charge in [0, 0.05) is 11.2 Å². The van der Waals surface area contributed by atoms with E-state index < -0.39 is 37.3 Å². The molecule has 5 atom stereocenters. The first-order chi connectivity index (χ1) is 22.6. The van der Waals surface area contributed by atoms with Crippen molar-refractivity contribution in [3.05, 3.63) is 53.4 Å². The molecule has 1 saturated heterocycles. The van der Waals surface area contributed by atoms with Gasteiger partial charge in [-0.25, -0.2) is 9.97 Å². The van der Waals surface area contributed by atoms with Crippen LogP contribution < -0.4 is 5.73 Å². The molecule has 0 saturated carbocycles. The number of benzene rings is 1. The van der Waals surface area contributed by atoms with Crippen LogP contribution in [0.25, 0.3) is 11.0 Å². The van der Waals surface area contributed by atoms with E-state index in [2.05, 4.69) is 84.0 Å². The number of fused-ring (bicyclic) bond motifs is 1. The van der Waals surface area contributed by atoms with Gasteiger partial charge in [-0.3, -0.25) is 0 Å². The highest BCUT2D eigenvalue weighted by atomic mass is 35.5. The molecule has 1 aromatic carbocycles. The number of nitrogen functional groups attached to an aromatic ring is 1. The Morgan fingerprint density at radius 1 is 0.745 bits per heavy atom. The number of halogens is 1. The van der Waals surface area contributed by atoms with E-state index >= 15 is 0 Å². The molecule has 8 nitrogen and oxygen atoms in total. The number of aromatic nitrogens is 3. The Hall–Kier alpha value is -1.58. The van der Waals surface area contributed by atoms with Gasteiger partial charge in [0.15, 0.2) is 31.2 Å². The van der Waals surface area contributed by atoms with Crippen molar-refractivity contribution in [2.45, 2.75) is 147 Å². The molecule has 1 fully saturated rings. The fraction of sp³-hybridized carbons (Fsp3) is 0.657. The molecule has 262 valence electrons. The third kappa shape index (κ3) is 7.77. The molecule has 0 unspecified atom stereocenters. The van der Waals surface area contributed by atoms with Crippen molar-refractivity contribution in [3.8, 4) is 0 Å². The number of nitrogens with zero attached hydrogens (tertiary/aromatic N) is 3. The van der Waals surface area contributed by atoms with Gasteiger partial charge in [-0.2, -0.15) is 0 Å². The zero-order valence-electron chi connectivity index (χ0n) is 30.2. The lowest BCUT2D eigenvalue weighted by molar-refractivity contribution is -0.0780. The molecular weight excluding hydrogens is 660 g/mol. The second-order valence-electron chi connectivity index (χ2n) is 13.2. The summed E-state index contributed by atoms with van der Waals surface area (Å²) in [6, 6.07) is 19.3. The smallest absolute Gasteiger partial charge is 0.193 e. The van der Waals surface area contributed by atoms with Crippen LogP contribution in [-0.2, 0) is 18.0 Å². The maximum atomic E-state index is 7.61. The molecule has 1 aliphatic heterocycles. The summed E-state index contributed by atoms with van der Waals surface area (Å²) in [4.78, 5) is 8.96. The van der Waals surface area contributed by atoms with E-state index in [-0.39, 0.29) is 18.3 Å². The van der Waals surface area contributed by atoms with Gasteiger partial charge in [-0.1, -0.05) is 86.0 Å². The lowest BCUT2D eigenvalue weighted by Crippen LogP contribution is -2.53. The van der Waals surface area contributed by atoms with Crippen molar-refractivity contribution >= 4 is 53.4 Å². The summed E-state index contributed by atoms with van der Waals surface area (Å²) in [5, 5.41) is 1.51. The highest BCUT2D eigenvalue weighted by Gasteiger charge is 2.56. The Balaban J connectivity index is 1.99. The lowest BCUT2D eigenvalue weighted by atomic mass is 9.99. The molecule has 4 rings (SSSR count). The second kappa shape index (κ2) is 16.4. The molecule has 3 heterocycles. The van der Waals surface area contributed by atoms with Crippen LogP contribution in [-0.4, -0.2) is 57.8 Å². The average Bonchev–Trinajstić information content (AvgIpc) is 3.69. The summed E-state index contributed by atoms with van der Waals surface area (Å²) in [5.41, 5.74) is 8.14. The zero-order valence-corrected chi connectivity index (χ0v) is 34.0. The average molecular weight is 720 g/mol. The Morgan fingerprint density at radius 2 is 1.26 bits per heavy atom. The van der Waals surface area contributed by atoms with Crippen LogP contribution in [0.15, 0.2) is 42.9 Å². The first kappa shape index (κ1) is 38.2. The summed E-state index contributed by atoms with van der Waals surface area (Å²) in [6.07, 6.45) is 1.62. The minimum absolute atomic E-state index is 0.336. The third-order valence-corrected chi connectivity index (χ3v) is 25.6.